The van der Waals surface area contributed by atoms with Gasteiger partial charge in [-0.05, 0) is 131 Å². The predicted molar refractivity (Wildman–Crippen MR) is 255 cm³/mol. The maximum absolute atomic E-state index is 6.39. The SMILES string of the molecule is c1ccc2c(c1)ccc1ccc(-c3ccc(-c4ccc(N(c5ccc(-c6ccc7ccc8ccccc8c7c6)cc5)c5cccc6oc7ccccc7c56)cc4)cc3)cc12. The molecule has 12 aromatic rings. The summed E-state index contributed by atoms with van der Waals surface area (Å²) in [5.41, 5.74) is 12.1. The van der Waals surface area contributed by atoms with Crippen LogP contribution in [0.3, 0.4) is 0 Å². The normalized spacial score (nSPS) is 11.7. The van der Waals surface area contributed by atoms with Gasteiger partial charge in [0.1, 0.15) is 11.2 Å². The molecule has 1 aromatic heterocycles. The second-order valence-electron chi connectivity index (χ2n) is 15.7. The van der Waals surface area contributed by atoms with E-state index in [1.165, 1.54) is 76.5 Å². The number of rotatable bonds is 6. The van der Waals surface area contributed by atoms with Gasteiger partial charge in [-0.1, -0.05) is 170 Å². The first-order valence-corrected chi connectivity index (χ1v) is 20.6. The van der Waals surface area contributed by atoms with Crippen LogP contribution in [0.25, 0.3) is 98.4 Å². The van der Waals surface area contributed by atoms with Gasteiger partial charge in [-0.25, -0.2) is 0 Å². The van der Waals surface area contributed by atoms with Crippen LogP contribution < -0.4 is 4.90 Å². The molecule has 0 fully saturated rings. The van der Waals surface area contributed by atoms with Gasteiger partial charge < -0.3 is 9.32 Å². The second kappa shape index (κ2) is 13.9. The number of anilines is 3. The summed E-state index contributed by atoms with van der Waals surface area (Å²) in [6.07, 6.45) is 0. The minimum Gasteiger partial charge on any atom is -0.456 e. The van der Waals surface area contributed by atoms with Crippen molar-refractivity contribution < 1.29 is 4.42 Å². The van der Waals surface area contributed by atoms with Gasteiger partial charge in [0, 0.05) is 16.8 Å². The lowest BCUT2D eigenvalue weighted by Crippen LogP contribution is -2.10. The van der Waals surface area contributed by atoms with Crippen molar-refractivity contribution in [2.24, 2.45) is 0 Å². The van der Waals surface area contributed by atoms with Gasteiger partial charge >= 0.3 is 0 Å². The maximum Gasteiger partial charge on any atom is 0.137 e. The summed E-state index contributed by atoms with van der Waals surface area (Å²) in [4.78, 5) is 2.36. The molecule has 0 unspecified atom stereocenters. The van der Waals surface area contributed by atoms with E-state index in [1.807, 2.05) is 12.1 Å². The highest BCUT2D eigenvalue weighted by atomic mass is 16.3. The lowest BCUT2D eigenvalue weighted by Gasteiger charge is -2.26. The molecule has 0 amide bonds. The molecule has 0 saturated heterocycles. The average Bonchev–Trinajstić information content (AvgIpc) is 3.71. The van der Waals surface area contributed by atoms with Crippen LogP contribution >= 0.6 is 0 Å². The lowest BCUT2D eigenvalue weighted by atomic mass is 9.96. The van der Waals surface area contributed by atoms with Crippen LogP contribution in [-0.4, -0.2) is 0 Å². The third-order valence-corrected chi connectivity index (χ3v) is 12.3. The highest BCUT2D eigenvalue weighted by Crippen LogP contribution is 2.44. The average molecular weight is 764 g/mol. The van der Waals surface area contributed by atoms with Gasteiger partial charge in [0.15, 0.2) is 0 Å². The van der Waals surface area contributed by atoms with E-state index in [9.17, 15) is 0 Å². The van der Waals surface area contributed by atoms with E-state index >= 15 is 0 Å². The molecule has 0 bridgehead atoms. The molecule has 0 aliphatic rings. The van der Waals surface area contributed by atoms with Crippen LogP contribution in [0.5, 0.6) is 0 Å². The van der Waals surface area contributed by atoms with Crippen LogP contribution in [-0.2, 0) is 0 Å². The van der Waals surface area contributed by atoms with E-state index in [1.54, 1.807) is 0 Å². The molecule has 0 spiro atoms. The van der Waals surface area contributed by atoms with Gasteiger partial charge in [-0.15, -0.1) is 0 Å². The summed E-state index contributed by atoms with van der Waals surface area (Å²) < 4.78 is 6.39. The quantitative estimate of drug-likeness (QED) is 0.157. The number of nitrogens with zero attached hydrogens (tertiary/aromatic N) is 1. The van der Waals surface area contributed by atoms with Gasteiger partial charge in [0.25, 0.3) is 0 Å². The Morgan fingerprint density at radius 1 is 0.267 bits per heavy atom. The molecule has 1 heterocycles. The van der Waals surface area contributed by atoms with E-state index < -0.39 is 0 Å². The summed E-state index contributed by atoms with van der Waals surface area (Å²) in [6.45, 7) is 0. The van der Waals surface area contributed by atoms with Crippen LogP contribution in [0, 0.1) is 0 Å². The summed E-state index contributed by atoms with van der Waals surface area (Å²) in [5, 5.41) is 12.3. The fourth-order valence-corrected chi connectivity index (χ4v) is 9.19. The highest BCUT2D eigenvalue weighted by molar-refractivity contribution is 6.14. The topological polar surface area (TPSA) is 16.4 Å². The number of fused-ring (bicyclic) bond motifs is 9. The molecular weight excluding hydrogens is 727 g/mol. The zero-order valence-electron chi connectivity index (χ0n) is 32.7. The molecule has 60 heavy (non-hydrogen) atoms. The molecule has 0 aliphatic heterocycles. The minimum atomic E-state index is 0.870. The first-order valence-electron chi connectivity index (χ1n) is 20.6. The summed E-state index contributed by atoms with van der Waals surface area (Å²) in [5.74, 6) is 0. The Morgan fingerprint density at radius 2 is 0.650 bits per heavy atom. The number of para-hydroxylation sites is 1. The fourth-order valence-electron chi connectivity index (χ4n) is 9.19. The van der Waals surface area contributed by atoms with Crippen molar-refractivity contribution in [3.8, 4) is 33.4 Å². The standard InChI is InChI=1S/C58H37NO/c1-3-10-50-42(8-1)20-22-44-24-26-46(36-53(44)50)40-18-16-38(17-19-40)39-28-32-48(33-29-39)59(55-13-7-15-57-58(55)52-12-5-6-14-56(52)60-57)49-34-30-41(31-35-49)47-27-25-45-23-21-43-9-2-4-11-51(43)54(45)37-47/h1-37H. The predicted octanol–water partition coefficient (Wildman–Crippen LogP) is 16.7. The van der Waals surface area contributed by atoms with Crippen molar-refractivity contribution in [2.45, 2.75) is 0 Å². The Balaban J connectivity index is 0.916. The van der Waals surface area contributed by atoms with Gasteiger partial charge in [-0.3, -0.25) is 0 Å². The largest absolute Gasteiger partial charge is 0.456 e. The van der Waals surface area contributed by atoms with Crippen molar-refractivity contribution >= 4 is 82.1 Å². The zero-order valence-corrected chi connectivity index (χ0v) is 32.7. The van der Waals surface area contributed by atoms with Crippen molar-refractivity contribution in [3.63, 3.8) is 0 Å². The maximum atomic E-state index is 6.39. The Morgan fingerprint density at radius 3 is 1.18 bits per heavy atom. The number of furan rings is 1. The van der Waals surface area contributed by atoms with Gasteiger partial charge in [0.2, 0.25) is 0 Å². The van der Waals surface area contributed by atoms with E-state index in [2.05, 4.69) is 217 Å². The lowest BCUT2D eigenvalue weighted by molar-refractivity contribution is 0.669. The molecule has 2 heteroatoms. The van der Waals surface area contributed by atoms with Crippen molar-refractivity contribution in [3.05, 3.63) is 224 Å². The monoisotopic (exact) mass is 763 g/mol. The summed E-state index contributed by atoms with van der Waals surface area (Å²) >= 11 is 0. The van der Waals surface area contributed by atoms with E-state index in [0.29, 0.717) is 0 Å². The number of hydrogen-bond donors (Lipinski definition) is 0. The third-order valence-electron chi connectivity index (χ3n) is 12.3. The van der Waals surface area contributed by atoms with E-state index in [4.69, 9.17) is 4.42 Å². The molecule has 2 nitrogen and oxygen atoms in total. The van der Waals surface area contributed by atoms with Crippen molar-refractivity contribution in [1.29, 1.82) is 0 Å². The summed E-state index contributed by atoms with van der Waals surface area (Å²) in [6, 6.07) is 81.3. The van der Waals surface area contributed by atoms with Gasteiger partial charge in [-0.2, -0.15) is 0 Å². The van der Waals surface area contributed by atoms with Gasteiger partial charge in [0.05, 0.1) is 11.1 Å². The molecule has 11 aromatic carbocycles. The Bertz CT molecular complexity index is 3580. The molecule has 0 atom stereocenters. The smallest absolute Gasteiger partial charge is 0.137 e. The fraction of sp³-hybridized carbons (Fsp3) is 0. The second-order valence-corrected chi connectivity index (χ2v) is 15.7. The van der Waals surface area contributed by atoms with Crippen molar-refractivity contribution in [2.75, 3.05) is 4.90 Å². The summed E-state index contributed by atoms with van der Waals surface area (Å²) in [7, 11) is 0. The Labute approximate surface area is 347 Å². The van der Waals surface area contributed by atoms with Crippen molar-refractivity contribution in [1.82, 2.24) is 0 Å². The molecule has 0 N–H and O–H groups in total. The van der Waals surface area contributed by atoms with Crippen LogP contribution in [0.4, 0.5) is 17.1 Å². The molecule has 280 valence electrons. The van der Waals surface area contributed by atoms with Crippen LogP contribution in [0.1, 0.15) is 0 Å². The molecule has 0 saturated carbocycles. The molecular formula is C58H37NO. The first kappa shape index (κ1) is 34.1. The molecule has 12 rings (SSSR count). The number of hydrogen-bond acceptors (Lipinski definition) is 2. The molecule has 0 radical (unpaired) electrons. The first-order chi connectivity index (χ1) is 29.7. The Kier molecular flexibility index (Phi) is 7.89. The van der Waals surface area contributed by atoms with E-state index in [0.717, 1.165) is 39.0 Å². The highest BCUT2D eigenvalue weighted by Gasteiger charge is 2.20. The van der Waals surface area contributed by atoms with E-state index in [-0.39, 0.29) is 0 Å². The third kappa shape index (κ3) is 5.73. The number of benzene rings is 11. The molecule has 0 aliphatic carbocycles. The minimum absolute atomic E-state index is 0.870. The Hall–Kier alpha value is -7.94. The van der Waals surface area contributed by atoms with Crippen LogP contribution in [0.15, 0.2) is 229 Å². The van der Waals surface area contributed by atoms with Crippen LogP contribution in [0.2, 0.25) is 0 Å². The zero-order chi connectivity index (χ0) is 39.6.